The van der Waals surface area contributed by atoms with E-state index < -0.39 is 5.41 Å². The minimum absolute atomic E-state index is 0.559. The van der Waals surface area contributed by atoms with Crippen molar-refractivity contribution in [3.05, 3.63) is 259 Å². The Morgan fingerprint density at radius 1 is 0.458 bits per heavy atom. The van der Waals surface area contributed by atoms with Gasteiger partial charge in [-0.05, 0) is 103 Å². The molecule has 2 heteroatoms. The molecule has 10 aromatic rings. The number of nitrogens with zero attached hydrogens (tertiary/aromatic N) is 1. The normalized spacial score (nSPS) is 13.3. The first-order valence-electron chi connectivity index (χ1n) is 20.2. The molecule has 9 aromatic carbocycles. The number of anilines is 2. The highest BCUT2D eigenvalue weighted by Gasteiger charge is 2.46. The van der Waals surface area contributed by atoms with Gasteiger partial charge in [0.2, 0.25) is 0 Å². The van der Waals surface area contributed by atoms with Crippen molar-refractivity contribution in [1.29, 1.82) is 0 Å². The van der Waals surface area contributed by atoms with E-state index >= 15 is 0 Å². The van der Waals surface area contributed by atoms with Gasteiger partial charge in [0.25, 0.3) is 0 Å². The molecule has 59 heavy (non-hydrogen) atoms. The van der Waals surface area contributed by atoms with E-state index in [9.17, 15) is 0 Å². The number of furan rings is 1. The summed E-state index contributed by atoms with van der Waals surface area (Å²) < 4.78 is 6.41. The lowest BCUT2D eigenvalue weighted by atomic mass is 9.67. The van der Waals surface area contributed by atoms with Gasteiger partial charge in [-0.25, -0.2) is 0 Å². The Hall–Kier alpha value is -7.68. The van der Waals surface area contributed by atoms with Crippen LogP contribution in [0.1, 0.15) is 27.8 Å². The number of para-hydroxylation sites is 1. The minimum Gasteiger partial charge on any atom is -0.456 e. The van der Waals surface area contributed by atoms with Gasteiger partial charge in [-0.15, -0.1) is 0 Å². The fourth-order valence-electron chi connectivity index (χ4n) is 9.80. The number of hydrogen-bond acceptors (Lipinski definition) is 2. The maximum atomic E-state index is 6.41. The lowest BCUT2D eigenvalue weighted by molar-refractivity contribution is 0.669. The average molecular weight is 754 g/mol. The highest BCUT2D eigenvalue weighted by atomic mass is 16.3. The van der Waals surface area contributed by atoms with Crippen molar-refractivity contribution in [2.24, 2.45) is 0 Å². The Morgan fingerprint density at radius 3 is 1.81 bits per heavy atom. The van der Waals surface area contributed by atoms with E-state index in [0.29, 0.717) is 0 Å². The molecule has 0 fully saturated rings. The molecule has 0 unspecified atom stereocenters. The summed E-state index contributed by atoms with van der Waals surface area (Å²) in [6.07, 6.45) is 3.95. The summed E-state index contributed by atoms with van der Waals surface area (Å²) in [6.45, 7) is 8.99. The van der Waals surface area contributed by atoms with Crippen molar-refractivity contribution in [3.63, 3.8) is 0 Å². The second-order valence-corrected chi connectivity index (χ2v) is 15.3. The molecule has 0 N–H and O–H groups in total. The lowest BCUT2D eigenvalue weighted by Gasteiger charge is -2.35. The van der Waals surface area contributed by atoms with Gasteiger partial charge in [-0.3, -0.25) is 0 Å². The maximum absolute atomic E-state index is 6.41. The van der Waals surface area contributed by atoms with Gasteiger partial charge in [0, 0.05) is 27.7 Å². The smallest absolute Gasteiger partial charge is 0.136 e. The zero-order valence-electron chi connectivity index (χ0n) is 32.5. The molecule has 0 spiro atoms. The second kappa shape index (κ2) is 13.8. The predicted molar refractivity (Wildman–Crippen MR) is 248 cm³/mol. The fraction of sp³-hybridized carbons (Fsp3) is 0.0175. The Bertz CT molecular complexity index is 3270. The first kappa shape index (κ1) is 34.6. The lowest BCUT2D eigenvalue weighted by Crippen LogP contribution is -2.29. The molecule has 0 saturated heterocycles. The van der Waals surface area contributed by atoms with E-state index in [0.717, 1.165) is 50.1 Å². The van der Waals surface area contributed by atoms with Gasteiger partial charge in [-0.1, -0.05) is 183 Å². The topological polar surface area (TPSA) is 16.4 Å². The van der Waals surface area contributed by atoms with Crippen molar-refractivity contribution in [2.45, 2.75) is 5.41 Å². The number of hydrogen-bond donors (Lipinski definition) is 0. The molecule has 2 nitrogen and oxygen atoms in total. The Balaban J connectivity index is 1.24. The third kappa shape index (κ3) is 5.20. The molecule has 1 aliphatic carbocycles. The van der Waals surface area contributed by atoms with Crippen LogP contribution < -0.4 is 4.90 Å². The SMILES string of the molecule is C=C/C(=C(\C=C)N(c1ccc2c(c1)C(c1ccccc1)(c1ccccc1)c1ccccc1-2)c1ccc2ccc3ccccc3c2c1)c1cccc2oc3ccccc3c12. The molecule has 0 saturated carbocycles. The number of benzene rings is 9. The van der Waals surface area contributed by atoms with E-state index in [1.54, 1.807) is 0 Å². The summed E-state index contributed by atoms with van der Waals surface area (Å²) in [6, 6.07) is 72.3. The standard InChI is InChI=1S/C57H39NO/c1-3-44(48-26-17-29-55-56(48)49-25-14-16-28-54(49)59-55)53(4-2)58(42-33-32-39-31-30-38-18-11-12-23-45(38)50(39)36-42)43-34-35-47-46-24-13-15-27-51(46)57(52(47)37-43,40-19-7-5-8-20-40)41-21-9-6-10-22-41/h3-37H,1-2H2/b53-44-. The number of fused-ring (bicyclic) bond motifs is 9. The van der Waals surface area contributed by atoms with Crippen LogP contribution in [0.25, 0.3) is 60.2 Å². The number of allylic oxidation sites excluding steroid dienone is 3. The Kier molecular flexibility index (Phi) is 8.06. The van der Waals surface area contributed by atoms with Crippen LogP contribution >= 0.6 is 0 Å². The van der Waals surface area contributed by atoms with Crippen LogP contribution in [0.3, 0.4) is 0 Å². The van der Waals surface area contributed by atoms with Crippen molar-refractivity contribution in [1.82, 2.24) is 0 Å². The summed E-state index contributed by atoms with van der Waals surface area (Å²) >= 11 is 0. The van der Waals surface area contributed by atoms with Crippen LogP contribution in [0, 0.1) is 0 Å². The van der Waals surface area contributed by atoms with Gasteiger partial charge in [-0.2, -0.15) is 0 Å². The maximum Gasteiger partial charge on any atom is 0.136 e. The van der Waals surface area contributed by atoms with Crippen molar-refractivity contribution in [2.75, 3.05) is 4.90 Å². The van der Waals surface area contributed by atoms with Crippen LogP contribution in [0.2, 0.25) is 0 Å². The summed E-state index contributed by atoms with van der Waals surface area (Å²) in [5.74, 6) is 0. The summed E-state index contributed by atoms with van der Waals surface area (Å²) in [4.78, 5) is 2.37. The van der Waals surface area contributed by atoms with E-state index in [1.807, 2.05) is 30.4 Å². The van der Waals surface area contributed by atoms with E-state index in [4.69, 9.17) is 4.42 Å². The molecule has 1 aliphatic rings. The first-order valence-corrected chi connectivity index (χ1v) is 20.2. The molecular formula is C57H39NO. The Labute approximate surface area is 343 Å². The first-order chi connectivity index (χ1) is 29.2. The van der Waals surface area contributed by atoms with Crippen molar-refractivity contribution in [3.8, 4) is 11.1 Å². The third-order valence-electron chi connectivity index (χ3n) is 12.3. The third-order valence-corrected chi connectivity index (χ3v) is 12.3. The van der Waals surface area contributed by atoms with Gasteiger partial charge >= 0.3 is 0 Å². The van der Waals surface area contributed by atoms with Crippen LogP contribution in [-0.4, -0.2) is 0 Å². The van der Waals surface area contributed by atoms with Crippen molar-refractivity contribution >= 4 is 60.4 Å². The van der Waals surface area contributed by atoms with E-state index in [-0.39, 0.29) is 0 Å². The molecule has 278 valence electrons. The molecule has 1 heterocycles. The zero-order valence-corrected chi connectivity index (χ0v) is 32.5. The predicted octanol–water partition coefficient (Wildman–Crippen LogP) is 15.2. The summed E-state index contributed by atoms with van der Waals surface area (Å²) in [5.41, 5.74) is 13.5. The van der Waals surface area contributed by atoms with Crippen LogP contribution in [0.15, 0.2) is 236 Å². The monoisotopic (exact) mass is 753 g/mol. The zero-order chi connectivity index (χ0) is 39.5. The summed E-state index contributed by atoms with van der Waals surface area (Å²) in [7, 11) is 0. The average Bonchev–Trinajstić information content (AvgIpc) is 3.83. The molecule has 0 amide bonds. The highest BCUT2D eigenvalue weighted by molar-refractivity contribution is 6.12. The molecule has 11 rings (SSSR count). The van der Waals surface area contributed by atoms with E-state index in [1.165, 1.54) is 54.9 Å². The molecule has 1 aromatic heterocycles. The minimum atomic E-state index is -0.559. The van der Waals surface area contributed by atoms with Gasteiger partial charge < -0.3 is 9.32 Å². The second-order valence-electron chi connectivity index (χ2n) is 15.3. The number of rotatable bonds is 8. The largest absolute Gasteiger partial charge is 0.456 e. The Morgan fingerprint density at radius 2 is 1.05 bits per heavy atom. The highest BCUT2D eigenvalue weighted by Crippen LogP contribution is 2.57. The molecule has 0 bridgehead atoms. The van der Waals surface area contributed by atoms with Crippen LogP contribution in [0.4, 0.5) is 11.4 Å². The van der Waals surface area contributed by atoms with Crippen LogP contribution in [0.5, 0.6) is 0 Å². The quantitative estimate of drug-likeness (QED) is 0.113. The van der Waals surface area contributed by atoms with Crippen LogP contribution in [-0.2, 0) is 5.41 Å². The van der Waals surface area contributed by atoms with Gasteiger partial charge in [0.1, 0.15) is 11.2 Å². The molecular weight excluding hydrogens is 715 g/mol. The molecule has 0 atom stereocenters. The van der Waals surface area contributed by atoms with E-state index in [2.05, 4.69) is 200 Å². The van der Waals surface area contributed by atoms with Gasteiger partial charge in [0.05, 0.1) is 11.1 Å². The molecule has 0 radical (unpaired) electrons. The molecule has 0 aliphatic heterocycles. The van der Waals surface area contributed by atoms with Crippen molar-refractivity contribution < 1.29 is 4.42 Å². The summed E-state index contributed by atoms with van der Waals surface area (Å²) in [5, 5.41) is 6.92. The fourth-order valence-corrected chi connectivity index (χ4v) is 9.80. The van der Waals surface area contributed by atoms with Gasteiger partial charge in [0.15, 0.2) is 0 Å².